The van der Waals surface area contributed by atoms with Crippen LogP contribution in [0, 0.1) is 0 Å². The van der Waals surface area contributed by atoms with E-state index in [2.05, 4.69) is 4.99 Å². The molecule has 2 heterocycles. The summed E-state index contributed by atoms with van der Waals surface area (Å²) in [4.78, 5) is 51.4. The number of carboxylic acids is 1. The SMILES string of the molecule is CC(=O)CC(=O)OCC1=C(C(=O)[O-])N2C(=O)C(N=C([O-])C(c3ccccc3)S(=O)(=O)O)C2SC1.[Na+].[Na+]. The quantitative estimate of drug-likeness (QED) is 0.0577. The van der Waals surface area contributed by atoms with E-state index in [1.54, 1.807) is 6.07 Å². The van der Waals surface area contributed by atoms with Crippen molar-refractivity contribution in [1.29, 1.82) is 0 Å². The second kappa shape index (κ2) is 13.5. The molecule has 1 amide bonds. The fourth-order valence-corrected chi connectivity index (χ4v) is 5.57. The maximum atomic E-state index is 12.7. The minimum absolute atomic E-state index is 0. The minimum atomic E-state index is -4.91. The number of ketones is 1. The standard InChI is InChI=1S/C20H20N2O10S2.2Na/c1-10(23)7-13(24)32-8-12-9-33-19-14(18(26)22(19)15(12)20(27)28)21-17(25)16(34(29,30)31)11-5-3-2-4-6-11;;/h2-6,14,16,19H,7-9H2,1H3,(H,21,25)(H,27,28)(H,29,30,31);;/q;2*+1/p-2. The summed E-state index contributed by atoms with van der Waals surface area (Å²) in [5, 5.41) is 21.4. The van der Waals surface area contributed by atoms with Gasteiger partial charge in [-0.25, -0.2) is 0 Å². The van der Waals surface area contributed by atoms with E-state index in [0.717, 1.165) is 16.7 Å². The number of aliphatic carboxylic acids is 1. The molecule has 0 spiro atoms. The van der Waals surface area contributed by atoms with Crippen LogP contribution >= 0.6 is 11.8 Å². The summed E-state index contributed by atoms with van der Waals surface area (Å²) < 4.78 is 38.1. The predicted molar refractivity (Wildman–Crippen MR) is 113 cm³/mol. The number of benzene rings is 1. The van der Waals surface area contributed by atoms with E-state index < -0.39 is 75.0 Å². The van der Waals surface area contributed by atoms with Crippen LogP contribution in [0.4, 0.5) is 0 Å². The first-order chi connectivity index (χ1) is 15.9. The largest absolute Gasteiger partial charge is 1.00 e. The number of esters is 1. The molecular weight excluding hydrogens is 538 g/mol. The van der Waals surface area contributed by atoms with Gasteiger partial charge in [0.15, 0.2) is 6.04 Å². The van der Waals surface area contributed by atoms with E-state index in [9.17, 15) is 42.4 Å². The van der Waals surface area contributed by atoms with E-state index in [1.807, 2.05) is 0 Å². The number of β-lactam (4-membered cyclic amide) rings is 1. The molecule has 0 saturated carbocycles. The molecular formula is C20H18N2Na2O10S2. The number of thioether (sulfide) groups is 1. The van der Waals surface area contributed by atoms with Crippen molar-refractivity contribution in [3.8, 4) is 0 Å². The topological polar surface area (TPSA) is 194 Å². The molecule has 182 valence electrons. The number of hydrogen-bond acceptors (Lipinski definition) is 11. The molecule has 2 aliphatic heterocycles. The second-order valence-corrected chi connectivity index (χ2v) is 10.0. The zero-order valence-corrected chi connectivity index (χ0v) is 25.2. The first-order valence-electron chi connectivity index (χ1n) is 9.71. The number of rotatable bonds is 9. The molecule has 1 aromatic carbocycles. The fraction of sp³-hybridized carbons (Fsp3) is 0.350. The van der Waals surface area contributed by atoms with Crippen molar-refractivity contribution in [3.63, 3.8) is 0 Å². The number of carbonyl (C=O) groups excluding carboxylic acids is 4. The van der Waals surface area contributed by atoms with Crippen LogP contribution in [0.3, 0.4) is 0 Å². The number of carboxylic acid groups (broad SMARTS) is 1. The van der Waals surface area contributed by atoms with Crippen molar-refractivity contribution in [1.82, 2.24) is 4.90 Å². The summed E-state index contributed by atoms with van der Waals surface area (Å²) in [6.07, 6.45) is -0.494. The van der Waals surface area contributed by atoms with Gasteiger partial charge < -0.3 is 19.7 Å². The monoisotopic (exact) mass is 556 g/mol. The summed E-state index contributed by atoms with van der Waals surface area (Å²) in [6, 6.07) is 5.69. The van der Waals surface area contributed by atoms with Gasteiger partial charge in [0.25, 0.3) is 16.0 Å². The van der Waals surface area contributed by atoms with Crippen molar-refractivity contribution < 1.29 is 106 Å². The molecule has 3 atom stereocenters. The van der Waals surface area contributed by atoms with E-state index >= 15 is 0 Å². The first-order valence-corrected chi connectivity index (χ1v) is 12.3. The third-order valence-electron chi connectivity index (χ3n) is 4.90. The minimum Gasteiger partial charge on any atom is -0.861 e. The third-order valence-corrected chi connectivity index (χ3v) is 7.30. The normalized spacial score (nSPS) is 20.2. The molecule has 0 bridgehead atoms. The fourth-order valence-electron chi connectivity index (χ4n) is 3.44. The van der Waals surface area contributed by atoms with Crippen LogP contribution in [0.15, 0.2) is 46.6 Å². The molecule has 1 saturated heterocycles. The summed E-state index contributed by atoms with van der Waals surface area (Å²) in [5.74, 6) is -5.24. The molecule has 1 N–H and O–H groups in total. The summed E-state index contributed by atoms with van der Waals surface area (Å²) in [5.41, 5.74) is -0.544. The van der Waals surface area contributed by atoms with Crippen LogP contribution in [0.1, 0.15) is 24.2 Å². The van der Waals surface area contributed by atoms with Gasteiger partial charge in [0, 0.05) is 11.3 Å². The van der Waals surface area contributed by atoms with E-state index in [-0.39, 0.29) is 76.0 Å². The molecule has 1 aromatic rings. The van der Waals surface area contributed by atoms with E-state index in [1.165, 1.54) is 31.2 Å². The van der Waals surface area contributed by atoms with Crippen LogP contribution in [0.2, 0.25) is 0 Å². The van der Waals surface area contributed by atoms with Gasteiger partial charge in [-0.15, -0.1) is 11.8 Å². The van der Waals surface area contributed by atoms with Crippen LogP contribution < -0.4 is 69.3 Å². The van der Waals surface area contributed by atoms with E-state index in [4.69, 9.17) is 4.74 Å². The van der Waals surface area contributed by atoms with Crippen LogP contribution in [0.5, 0.6) is 0 Å². The van der Waals surface area contributed by atoms with Gasteiger partial charge >= 0.3 is 65.1 Å². The van der Waals surface area contributed by atoms with Gasteiger partial charge in [-0.2, -0.15) is 8.42 Å². The predicted octanol–water partition coefficient (Wildman–Crippen LogP) is -7.81. The van der Waals surface area contributed by atoms with Gasteiger partial charge in [-0.1, -0.05) is 30.3 Å². The van der Waals surface area contributed by atoms with Gasteiger partial charge in [-0.05, 0) is 18.4 Å². The molecule has 2 aliphatic rings. The Morgan fingerprint density at radius 2 is 1.83 bits per heavy atom. The molecule has 0 aliphatic carbocycles. The number of amides is 1. The van der Waals surface area contributed by atoms with Crippen LogP contribution in [0.25, 0.3) is 0 Å². The average Bonchev–Trinajstić information content (AvgIpc) is 2.74. The van der Waals surface area contributed by atoms with Crippen molar-refractivity contribution in [2.24, 2.45) is 4.99 Å². The Kier molecular flexibility index (Phi) is 12.3. The zero-order valence-electron chi connectivity index (χ0n) is 19.6. The molecule has 1 fully saturated rings. The Labute approximate surface area is 254 Å². The number of fused-ring (bicyclic) bond motifs is 1. The number of carbonyl (C=O) groups is 4. The van der Waals surface area contributed by atoms with Crippen molar-refractivity contribution >= 4 is 51.4 Å². The molecule has 16 heteroatoms. The number of aliphatic imine (C=N–C) groups is 1. The molecule has 0 aromatic heterocycles. The van der Waals surface area contributed by atoms with Crippen LogP contribution in [-0.4, -0.2) is 71.2 Å². The number of Topliss-reactive ketones (excluding diaryl/α,β-unsaturated/α-hetero) is 1. The molecule has 36 heavy (non-hydrogen) atoms. The smallest absolute Gasteiger partial charge is 0.861 e. The first kappa shape index (κ1) is 32.8. The van der Waals surface area contributed by atoms with Crippen molar-refractivity contribution in [2.45, 2.75) is 30.0 Å². The Morgan fingerprint density at radius 3 is 2.36 bits per heavy atom. The number of nitrogens with zero attached hydrogens (tertiary/aromatic N) is 2. The number of ether oxygens (including phenoxy) is 1. The molecule has 3 unspecified atom stereocenters. The summed E-state index contributed by atoms with van der Waals surface area (Å²) in [6.45, 7) is 0.695. The maximum absolute atomic E-state index is 12.7. The Morgan fingerprint density at radius 1 is 1.22 bits per heavy atom. The number of hydrogen-bond donors (Lipinski definition) is 1. The summed E-state index contributed by atoms with van der Waals surface area (Å²) in [7, 11) is -4.91. The van der Waals surface area contributed by atoms with Crippen molar-refractivity contribution in [3.05, 3.63) is 47.2 Å². The van der Waals surface area contributed by atoms with Gasteiger partial charge in [0.05, 0.1) is 11.7 Å². The average molecular weight is 556 g/mol. The summed E-state index contributed by atoms with van der Waals surface area (Å²) >= 11 is 1.02. The van der Waals surface area contributed by atoms with Crippen LogP contribution in [-0.2, 0) is 34.0 Å². The zero-order chi connectivity index (χ0) is 25.2. The Balaban J connectivity index is 0.00000324. The third kappa shape index (κ3) is 7.42. The molecule has 3 rings (SSSR count). The Bertz CT molecular complexity index is 1200. The van der Waals surface area contributed by atoms with Gasteiger partial charge in [0.1, 0.15) is 29.4 Å². The maximum Gasteiger partial charge on any atom is 1.00 e. The van der Waals surface area contributed by atoms with Gasteiger partial charge in [-0.3, -0.25) is 28.8 Å². The molecule has 12 nitrogen and oxygen atoms in total. The molecule has 0 radical (unpaired) electrons. The van der Waals surface area contributed by atoms with Crippen molar-refractivity contribution in [2.75, 3.05) is 12.4 Å². The van der Waals surface area contributed by atoms with Gasteiger partial charge in [0.2, 0.25) is 0 Å². The Hall–Kier alpha value is -1.23. The van der Waals surface area contributed by atoms with E-state index in [0.29, 0.717) is 0 Å². The second-order valence-electron chi connectivity index (χ2n) is 7.41.